The van der Waals surface area contributed by atoms with Crippen molar-refractivity contribution in [2.24, 2.45) is 0 Å². The van der Waals surface area contributed by atoms with Gasteiger partial charge < -0.3 is 10.1 Å². The number of ether oxygens (including phenoxy) is 1. The second kappa shape index (κ2) is 5.99. The summed E-state index contributed by atoms with van der Waals surface area (Å²) in [5.74, 6) is 1.29. The number of alkyl halides is 1. The molecular formula is C10H13Cl2NO. The van der Waals surface area contributed by atoms with Crippen LogP contribution in [0.4, 0.5) is 5.69 Å². The summed E-state index contributed by atoms with van der Waals surface area (Å²) in [4.78, 5) is 0. The molecule has 0 saturated carbocycles. The van der Waals surface area contributed by atoms with E-state index in [0.29, 0.717) is 23.3 Å². The van der Waals surface area contributed by atoms with Crippen LogP contribution in [0.25, 0.3) is 0 Å². The third-order valence-corrected chi connectivity index (χ3v) is 2.14. The molecule has 1 rings (SSSR count). The van der Waals surface area contributed by atoms with Gasteiger partial charge in [-0.05, 0) is 25.1 Å². The van der Waals surface area contributed by atoms with Crippen LogP contribution in [0.3, 0.4) is 0 Å². The fourth-order valence-corrected chi connectivity index (χ4v) is 1.40. The Morgan fingerprint density at radius 3 is 2.79 bits per heavy atom. The first-order valence-electron chi connectivity index (χ1n) is 4.50. The van der Waals surface area contributed by atoms with Crippen molar-refractivity contribution in [2.75, 3.05) is 24.3 Å². The second-order valence-corrected chi connectivity index (χ2v) is 3.48. The lowest BCUT2D eigenvalue weighted by atomic mass is 10.3. The molecular weight excluding hydrogens is 221 g/mol. The highest BCUT2D eigenvalue weighted by molar-refractivity contribution is 6.32. The van der Waals surface area contributed by atoms with Gasteiger partial charge in [-0.1, -0.05) is 11.6 Å². The molecule has 14 heavy (non-hydrogen) atoms. The largest absolute Gasteiger partial charge is 0.492 e. The second-order valence-electron chi connectivity index (χ2n) is 2.69. The van der Waals surface area contributed by atoms with Crippen molar-refractivity contribution in [2.45, 2.75) is 6.92 Å². The molecule has 1 aromatic carbocycles. The predicted octanol–water partition coefficient (Wildman–Crippen LogP) is 3.39. The first-order chi connectivity index (χ1) is 6.77. The van der Waals surface area contributed by atoms with E-state index in [2.05, 4.69) is 5.32 Å². The van der Waals surface area contributed by atoms with Crippen molar-refractivity contribution in [1.82, 2.24) is 0 Å². The fraction of sp³-hybridized carbons (Fsp3) is 0.400. The van der Waals surface area contributed by atoms with Crippen molar-refractivity contribution < 1.29 is 4.74 Å². The number of nitrogens with one attached hydrogen (secondary N) is 1. The van der Waals surface area contributed by atoms with E-state index < -0.39 is 0 Å². The molecule has 0 aliphatic carbocycles. The number of hydrogen-bond acceptors (Lipinski definition) is 2. The molecule has 0 unspecified atom stereocenters. The number of halogens is 2. The highest BCUT2D eigenvalue weighted by Gasteiger charge is 2.01. The van der Waals surface area contributed by atoms with Crippen LogP contribution in [0.1, 0.15) is 6.92 Å². The fourth-order valence-electron chi connectivity index (χ4n) is 1.07. The number of rotatable bonds is 5. The summed E-state index contributed by atoms with van der Waals surface area (Å²) >= 11 is 11.5. The molecule has 0 spiro atoms. The Balaban J connectivity index is 2.68. The standard InChI is InChI=1S/C10H13Cl2NO/c1-2-14-10-4-3-8(7-9(10)12)13-6-5-11/h3-4,7,13H,2,5-6H2,1H3. The van der Waals surface area contributed by atoms with Gasteiger partial charge in [0, 0.05) is 18.1 Å². The SMILES string of the molecule is CCOc1ccc(NCCCl)cc1Cl. The van der Waals surface area contributed by atoms with Crippen LogP contribution in [-0.4, -0.2) is 19.0 Å². The zero-order valence-electron chi connectivity index (χ0n) is 8.02. The molecule has 4 heteroatoms. The Morgan fingerprint density at radius 2 is 2.21 bits per heavy atom. The van der Waals surface area contributed by atoms with E-state index in [0.717, 1.165) is 12.2 Å². The van der Waals surface area contributed by atoms with E-state index >= 15 is 0 Å². The first-order valence-corrected chi connectivity index (χ1v) is 5.41. The maximum Gasteiger partial charge on any atom is 0.138 e. The van der Waals surface area contributed by atoms with Gasteiger partial charge in [-0.3, -0.25) is 0 Å². The molecule has 2 nitrogen and oxygen atoms in total. The van der Waals surface area contributed by atoms with E-state index in [1.165, 1.54) is 0 Å². The molecule has 78 valence electrons. The summed E-state index contributed by atoms with van der Waals surface area (Å²) < 4.78 is 5.31. The molecule has 0 aliphatic rings. The molecule has 1 N–H and O–H groups in total. The molecule has 0 aliphatic heterocycles. The summed E-state index contributed by atoms with van der Waals surface area (Å²) in [6.45, 7) is 3.27. The maximum absolute atomic E-state index is 5.99. The van der Waals surface area contributed by atoms with Gasteiger partial charge >= 0.3 is 0 Å². The van der Waals surface area contributed by atoms with Gasteiger partial charge in [0.25, 0.3) is 0 Å². The Hall–Kier alpha value is -0.600. The van der Waals surface area contributed by atoms with Crippen LogP contribution in [0.2, 0.25) is 5.02 Å². The van der Waals surface area contributed by atoms with Gasteiger partial charge in [-0.15, -0.1) is 11.6 Å². The predicted molar refractivity (Wildman–Crippen MR) is 61.8 cm³/mol. The van der Waals surface area contributed by atoms with Crippen molar-refractivity contribution >= 4 is 28.9 Å². The van der Waals surface area contributed by atoms with E-state index in [1.807, 2.05) is 25.1 Å². The van der Waals surface area contributed by atoms with Gasteiger partial charge in [0.2, 0.25) is 0 Å². The zero-order chi connectivity index (χ0) is 10.4. The summed E-state index contributed by atoms with van der Waals surface area (Å²) in [6, 6.07) is 5.60. The van der Waals surface area contributed by atoms with Crippen LogP contribution < -0.4 is 10.1 Å². The number of anilines is 1. The van der Waals surface area contributed by atoms with E-state index in [-0.39, 0.29) is 0 Å². The summed E-state index contributed by atoms with van der Waals surface area (Å²) in [6.07, 6.45) is 0. The van der Waals surface area contributed by atoms with Gasteiger partial charge in [-0.2, -0.15) is 0 Å². The number of hydrogen-bond donors (Lipinski definition) is 1. The molecule has 0 amide bonds. The van der Waals surface area contributed by atoms with Crippen LogP contribution in [0.5, 0.6) is 5.75 Å². The third kappa shape index (κ3) is 3.28. The van der Waals surface area contributed by atoms with Crippen molar-refractivity contribution in [1.29, 1.82) is 0 Å². The molecule has 1 aromatic rings. The summed E-state index contributed by atoms with van der Waals surface area (Å²) in [5.41, 5.74) is 0.958. The topological polar surface area (TPSA) is 21.3 Å². The maximum atomic E-state index is 5.99. The van der Waals surface area contributed by atoms with Gasteiger partial charge in [0.1, 0.15) is 5.75 Å². The van der Waals surface area contributed by atoms with Crippen LogP contribution in [0.15, 0.2) is 18.2 Å². The molecule has 0 bridgehead atoms. The normalized spacial score (nSPS) is 9.93. The quantitative estimate of drug-likeness (QED) is 0.788. The molecule has 0 aromatic heterocycles. The van der Waals surface area contributed by atoms with Gasteiger partial charge in [-0.25, -0.2) is 0 Å². The lowest BCUT2D eigenvalue weighted by Gasteiger charge is -2.08. The van der Waals surface area contributed by atoms with E-state index in [1.54, 1.807) is 0 Å². The first kappa shape index (κ1) is 11.5. The highest BCUT2D eigenvalue weighted by atomic mass is 35.5. The van der Waals surface area contributed by atoms with Crippen LogP contribution >= 0.6 is 23.2 Å². The van der Waals surface area contributed by atoms with Gasteiger partial charge in [0.15, 0.2) is 0 Å². The minimum atomic E-state index is 0.574. The smallest absolute Gasteiger partial charge is 0.138 e. The van der Waals surface area contributed by atoms with Crippen molar-refractivity contribution in [3.05, 3.63) is 23.2 Å². The highest BCUT2D eigenvalue weighted by Crippen LogP contribution is 2.27. The van der Waals surface area contributed by atoms with E-state index in [9.17, 15) is 0 Å². The lowest BCUT2D eigenvalue weighted by Crippen LogP contribution is -2.02. The molecule has 0 fully saturated rings. The summed E-state index contributed by atoms with van der Waals surface area (Å²) in [7, 11) is 0. The lowest BCUT2D eigenvalue weighted by molar-refractivity contribution is 0.340. The molecule has 0 atom stereocenters. The van der Waals surface area contributed by atoms with Crippen LogP contribution in [0, 0.1) is 0 Å². The zero-order valence-corrected chi connectivity index (χ0v) is 9.53. The monoisotopic (exact) mass is 233 g/mol. The Kier molecular flexibility index (Phi) is 4.91. The minimum Gasteiger partial charge on any atom is -0.492 e. The van der Waals surface area contributed by atoms with Crippen LogP contribution in [-0.2, 0) is 0 Å². The molecule has 0 heterocycles. The minimum absolute atomic E-state index is 0.574. The van der Waals surface area contributed by atoms with E-state index in [4.69, 9.17) is 27.9 Å². The Bertz CT molecular complexity index is 291. The molecule has 0 radical (unpaired) electrons. The Labute approximate surface area is 94.2 Å². The van der Waals surface area contributed by atoms with Crippen molar-refractivity contribution in [3.8, 4) is 5.75 Å². The molecule has 0 saturated heterocycles. The number of benzene rings is 1. The van der Waals surface area contributed by atoms with Crippen molar-refractivity contribution in [3.63, 3.8) is 0 Å². The Morgan fingerprint density at radius 1 is 1.43 bits per heavy atom. The van der Waals surface area contributed by atoms with Gasteiger partial charge in [0.05, 0.1) is 11.6 Å². The average Bonchev–Trinajstić information content (AvgIpc) is 2.19. The summed E-state index contributed by atoms with van der Waals surface area (Å²) in [5, 5.41) is 3.75. The third-order valence-electron chi connectivity index (χ3n) is 1.66. The average molecular weight is 234 g/mol.